The molecule has 0 unspecified atom stereocenters. The zero-order chi connectivity index (χ0) is 35.8. The molecule has 0 atom stereocenters. The predicted molar refractivity (Wildman–Crippen MR) is 227 cm³/mol. The van der Waals surface area contributed by atoms with Crippen LogP contribution in [-0.2, 0) is 0 Å². The first-order valence-corrected chi connectivity index (χ1v) is 18.4. The Morgan fingerprint density at radius 2 is 0.648 bits per heavy atom. The normalized spacial score (nSPS) is 11.3. The number of hydrogen-bond donors (Lipinski definition) is 0. The molecule has 252 valence electrons. The van der Waals surface area contributed by atoms with E-state index in [1.54, 1.807) is 0 Å². The molecule has 0 radical (unpaired) electrons. The van der Waals surface area contributed by atoms with E-state index in [4.69, 9.17) is 9.97 Å². The minimum Gasteiger partial charge on any atom is -0.228 e. The largest absolute Gasteiger partial charge is 0.228 e. The topological polar surface area (TPSA) is 25.8 Å². The summed E-state index contributed by atoms with van der Waals surface area (Å²) >= 11 is 0. The fraction of sp³-hybridized carbons (Fsp3) is 0. The Balaban J connectivity index is 1.18. The summed E-state index contributed by atoms with van der Waals surface area (Å²) in [5.41, 5.74) is 12.0. The highest BCUT2D eigenvalue weighted by Gasteiger charge is 2.17. The van der Waals surface area contributed by atoms with Crippen LogP contribution < -0.4 is 0 Å². The van der Waals surface area contributed by atoms with Crippen molar-refractivity contribution < 1.29 is 0 Å². The standard InChI is InChI=1S/C52H34N2/c1-4-17-35(18-5-1)40-25-10-15-30-45(40)51-34-50(37-21-8-3-9-22-37)53-52(54-51)39-24-16-23-38(31-39)47-33-49-43-28-13-11-26-41(43)46(36-19-6-2-7-20-36)32-48(49)44-29-14-12-27-42(44)47/h1-34H. The minimum absolute atomic E-state index is 0.694. The number of rotatable bonds is 6. The van der Waals surface area contributed by atoms with Crippen LogP contribution in [0.1, 0.15) is 0 Å². The smallest absolute Gasteiger partial charge is 0.160 e. The van der Waals surface area contributed by atoms with Crippen LogP contribution in [0.3, 0.4) is 0 Å². The number of nitrogens with zero attached hydrogens (tertiary/aromatic N) is 2. The molecule has 54 heavy (non-hydrogen) atoms. The summed E-state index contributed by atoms with van der Waals surface area (Å²) in [6, 6.07) is 73.4. The summed E-state index contributed by atoms with van der Waals surface area (Å²) < 4.78 is 0. The predicted octanol–water partition coefficient (Wildman–Crippen LogP) is 13.9. The number of aromatic nitrogens is 2. The first-order valence-electron chi connectivity index (χ1n) is 18.4. The maximum Gasteiger partial charge on any atom is 0.160 e. The summed E-state index contributed by atoms with van der Waals surface area (Å²) in [6.45, 7) is 0. The molecule has 0 aliphatic carbocycles. The molecule has 2 nitrogen and oxygen atoms in total. The van der Waals surface area contributed by atoms with Gasteiger partial charge in [0.15, 0.2) is 5.82 Å². The molecule has 2 heteroatoms. The van der Waals surface area contributed by atoms with Crippen LogP contribution in [0, 0.1) is 0 Å². The van der Waals surface area contributed by atoms with Gasteiger partial charge in [-0.3, -0.25) is 0 Å². The average Bonchev–Trinajstić information content (AvgIpc) is 3.26. The zero-order valence-corrected chi connectivity index (χ0v) is 29.5. The number of benzene rings is 9. The lowest BCUT2D eigenvalue weighted by molar-refractivity contribution is 1.18. The summed E-state index contributed by atoms with van der Waals surface area (Å²) in [4.78, 5) is 10.5. The van der Waals surface area contributed by atoms with E-state index in [0.29, 0.717) is 5.82 Å². The second kappa shape index (κ2) is 13.4. The molecule has 10 rings (SSSR count). The molecule has 0 fully saturated rings. The third-order valence-electron chi connectivity index (χ3n) is 10.5. The third kappa shape index (κ3) is 5.62. The van der Waals surface area contributed by atoms with Gasteiger partial charge in [0.25, 0.3) is 0 Å². The van der Waals surface area contributed by atoms with Gasteiger partial charge in [0.1, 0.15) is 0 Å². The minimum atomic E-state index is 0.694. The van der Waals surface area contributed by atoms with Gasteiger partial charge in [-0.05, 0) is 90.0 Å². The molecule has 0 aliphatic rings. The molecule has 0 aliphatic heterocycles. The van der Waals surface area contributed by atoms with Crippen LogP contribution >= 0.6 is 0 Å². The lowest BCUT2D eigenvalue weighted by atomic mass is 9.87. The maximum absolute atomic E-state index is 5.30. The highest BCUT2D eigenvalue weighted by atomic mass is 14.9. The summed E-state index contributed by atoms with van der Waals surface area (Å²) in [6.07, 6.45) is 0. The molecule has 0 amide bonds. The quantitative estimate of drug-likeness (QED) is 0.163. The van der Waals surface area contributed by atoms with E-state index < -0.39 is 0 Å². The summed E-state index contributed by atoms with van der Waals surface area (Å²) in [5, 5.41) is 7.45. The van der Waals surface area contributed by atoms with Crippen molar-refractivity contribution in [2.24, 2.45) is 0 Å². The van der Waals surface area contributed by atoms with Crippen LogP contribution in [0.2, 0.25) is 0 Å². The molecular formula is C52H34N2. The van der Waals surface area contributed by atoms with Gasteiger partial charge in [0.2, 0.25) is 0 Å². The zero-order valence-electron chi connectivity index (χ0n) is 29.5. The van der Waals surface area contributed by atoms with E-state index in [2.05, 4.69) is 200 Å². The molecular weight excluding hydrogens is 653 g/mol. The Morgan fingerprint density at radius 1 is 0.222 bits per heavy atom. The van der Waals surface area contributed by atoms with Gasteiger partial charge >= 0.3 is 0 Å². The van der Waals surface area contributed by atoms with Crippen molar-refractivity contribution in [3.05, 3.63) is 206 Å². The Bertz CT molecular complexity index is 2970. The number of fused-ring (bicyclic) bond motifs is 5. The highest BCUT2D eigenvalue weighted by molar-refractivity contribution is 6.23. The Morgan fingerprint density at radius 3 is 1.26 bits per heavy atom. The lowest BCUT2D eigenvalue weighted by Gasteiger charge is -2.16. The number of hydrogen-bond acceptors (Lipinski definition) is 2. The second-order valence-electron chi connectivity index (χ2n) is 13.7. The van der Waals surface area contributed by atoms with Crippen molar-refractivity contribution in [2.75, 3.05) is 0 Å². The molecule has 1 heterocycles. The van der Waals surface area contributed by atoms with E-state index >= 15 is 0 Å². The van der Waals surface area contributed by atoms with Gasteiger partial charge < -0.3 is 0 Å². The first-order chi connectivity index (χ1) is 26.8. The van der Waals surface area contributed by atoms with Gasteiger partial charge in [0, 0.05) is 16.7 Å². The molecule has 0 spiro atoms. The van der Waals surface area contributed by atoms with Crippen LogP contribution in [0.15, 0.2) is 206 Å². The molecule has 0 saturated heterocycles. The van der Waals surface area contributed by atoms with Crippen molar-refractivity contribution in [1.82, 2.24) is 9.97 Å². The van der Waals surface area contributed by atoms with Crippen molar-refractivity contribution in [1.29, 1.82) is 0 Å². The third-order valence-corrected chi connectivity index (χ3v) is 10.5. The molecule has 9 aromatic carbocycles. The first kappa shape index (κ1) is 31.6. The van der Waals surface area contributed by atoms with Crippen LogP contribution in [0.5, 0.6) is 0 Å². The average molecular weight is 687 g/mol. The van der Waals surface area contributed by atoms with Crippen LogP contribution in [0.25, 0.3) is 99.6 Å². The van der Waals surface area contributed by atoms with E-state index in [9.17, 15) is 0 Å². The molecule has 1 aromatic heterocycles. The highest BCUT2D eigenvalue weighted by Crippen LogP contribution is 2.42. The van der Waals surface area contributed by atoms with Crippen molar-refractivity contribution in [2.45, 2.75) is 0 Å². The van der Waals surface area contributed by atoms with Crippen molar-refractivity contribution in [3.8, 4) is 67.3 Å². The van der Waals surface area contributed by atoms with E-state index in [0.717, 1.165) is 44.8 Å². The monoisotopic (exact) mass is 686 g/mol. The Labute approximate surface area is 314 Å². The van der Waals surface area contributed by atoms with Gasteiger partial charge in [-0.15, -0.1) is 0 Å². The van der Waals surface area contributed by atoms with Crippen LogP contribution in [-0.4, -0.2) is 9.97 Å². The van der Waals surface area contributed by atoms with Gasteiger partial charge in [-0.1, -0.05) is 182 Å². The van der Waals surface area contributed by atoms with Crippen LogP contribution in [0.4, 0.5) is 0 Å². The summed E-state index contributed by atoms with van der Waals surface area (Å²) in [7, 11) is 0. The van der Waals surface area contributed by atoms with E-state index in [-0.39, 0.29) is 0 Å². The van der Waals surface area contributed by atoms with Crippen molar-refractivity contribution in [3.63, 3.8) is 0 Å². The maximum atomic E-state index is 5.30. The van der Waals surface area contributed by atoms with E-state index in [1.165, 1.54) is 49.0 Å². The van der Waals surface area contributed by atoms with E-state index in [1.807, 2.05) is 6.07 Å². The lowest BCUT2D eigenvalue weighted by Crippen LogP contribution is -1.97. The second-order valence-corrected chi connectivity index (χ2v) is 13.7. The fourth-order valence-electron chi connectivity index (χ4n) is 7.92. The van der Waals surface area contributed by atoms with Gasteiger partial charge in [0.05, 0.1) is 11.4 Å². The molecule has 0 saturated carbocycles. The Kier molecular flexibility index (Phi) is 7.85. The van der Waals surface area contributed by atoms with Gasteiger partial charge in [-0.25, -0.2) is 9.97 Å². The molecule has 0 N–H and O–H groups in total. The Hall–Kier alpha value is -7.16. The fourth-order valence-corrected chi connectivity index (χ4v) is 7.92. The molecule has 0 bridgehead atoms. The molecule has 10 aromatic rings. The van der Waals surface area contributed by atoms with Crippen molar-refractivity contribution >= 4 is 32.3 Å². The SMILES string of the molecule is c1ccc(-c2cc(-c3ccccc3-c3ccccc3)nc(-c3cccc(-c4cc5c6ccccc6c(-c6ccccc6)cc5c5ccccc45)c3)n2)cc1. The summed E-state index contributed by atoms with van der Waals surface area (Å²) in [5.74, 6) is 0.694. The van der Waals surface area contributed by atoms with Gasteiger partial charge in [-0.2, -0.15) is 0 Å².